The third-order valence-corrected chi connectivity index (χ3v) is 4.57. The minimum atomic E-state index is -0.919. The molecule has 6 nitrogen and oxygen atoms in total. The van der Waals surface area contributed by atoms with E-state index in [0.29, 0.717) is 22.3 Å². The molecule has 0 amide bonds. The van der Waals surface area contributed by atoms with Gasteiger partial charge in [-0.2, -0.15) is 0 Å². The molecule has 0 saturated carbocycles. The molecule has 0 fully saturated rings. The number of benzene rings is 3. The molecule has 0 N–H and O–H groups in total. The van der Waals surface area contributed by atoms with Crippen molar-refractivity contribution in [2.75, 3.05) is 13.7 Å². The van der Waals surface area contributed by atoms with Gasteiger partial charge in [-0.1, -0.05) is 36.4 Å². The summed E-state index contributed by atoms with van der Waals surface area (Å²) in [4.78, 5) is 36.9. The van der Waals surface area contributed by atoms with Crippen LogP contribution in [0.25, 0.3) is 21.7 Å². The number of fused-ring (bicyclic) bond motifs is 2. The van der Waals surface area contributed by atoms with E-state index < -0.39 is 18.2 Å². The van der Waals surface area contributed by atoms with Crippen LogP contribution in [-0.2, 0) is 4.74 Å². The molecule has 0 aliphatic heterocycles. The molecular weight excluding hydrogens is 372 g/mol. The topological polar surface area (TPSA) is 82.8 Å². The molecule has 144 valence electrons. The van der Waals surface area contributed by atoms with Gasteiger partial charge in [0.2, 0.25) is 0 Å². The zero-order valence-corrected chi connectivity index (χ0v) is 15.5. The molecule has 3 aromatic carbocycles. The Balaban J connectivity index is 1.53. The van der Waals surface area contributed by atoms with Crippen LogP contribution in [0.3, 0.4) is 0 Å². The fourth-order valence-corrected chi connectivity index (χ4v) is 3.03. The van der Waals surface area contributed by atoms with Gasteiger partial charge in [0.15, 0.2) is 12.4 Å². The lowest BCUT2D eigenvalue weighted by molar-refractivity contribution is 0.0471. The van der Waals surface area contributed by atoms with Crippen LogP contribution < -0.4 is 10.4 Å². The van der Waals surface area contributed by atoms with Crippen molar-refractivity contribution < 1.29 is 23.5 Å². The summed E-state index contributed by atoms with van der Waals surface area (Å²) in [5.74, 6) is -0.731. The number of esters is 1. The van der Waals surface area contributed by atoms with E-state index in [1.165, 1.54) is 13.2 Å². The first-order valence-corrected chi connectivity index (χ1v) is 8.86. The standard InChI is InChI=1S/C23H16O6/c1-27-18-8-9-21-17(11-18)12-19(23(26)29-21)22(25)28-13-20(24)16-7-6-14-4-2-3-5-15(14)10-16/h2-12H,13H2,1H3. The molecule has 4 rings (SSSR count). The number of methoxy groups -OCH3 is 1. The number of carbonyl (C=O) groups excluding carboxylic acids is 2. The Labute approximate surface area is 165 Å². The zero-order chi connectivity index (χ0) is 20.4. The number of carbonyl (C=O) groups is 2. The smallest absolute Gasteiger partial charge is 0.351 e. The average Bonchev–Trinajstić information content (AvgIpc) is 2.76. The maximum atomic E-state index is 12.4. The maximum Gasteiger partial charge on any atom is 0.351 e. The summed E-state index contributed by atoms with van der Waals surface area (Å²) in [6.45, 7) is -0.479. The van der Waals surface area contributed by atoms with Crippen molar-refractivity contribution in [3.05, 3.63) is 88.3 Å². The van der Waals surface area contributed by atoms with Crippen LogP contribution in [-0.4, -0.2) is 25.5 Å². The quantitative estimate of drug-likeness (QED) is 0.292. The van der Waals surface area contributed by atoms with Crippen molar-refractivity contribution in [2.24, 2.45) is 0 Å². The Morgan fingerprint density at radius 1 is 0.897 bits per heavy atom. The monoisotopic (exact) mass is 388 g/mol. The molecule has 29 heavy (non-hydrogen) atoms. The van der Waals surface area contributed by atoms with Crippen molar-refractivity contribution in [1.82, 2.24) is 0 Å². The molecule has 0 aliphatic carbocycles. The van der Waals surface area contributed by atoms with Crippen LogP contribution in [0.4, 0.5) is 0 Å². The highest BCUT2D eigenvalue weighted by Crippen LogP contribution is 2.21. The summed E-state index contributed by atoms with van der Waals surface area (Å²) in [7, 11) is 1.51. The molecule has 0 saturated heterocycles. The van der Waals surface area contributed by atoms with Gasteiger partial charge in [0.25, 0.3) is 0 Å². The number of rotatable bonds is 5. The molecule has 6 heteroatoms. The van der Waals surface area contributed by atoms with Crippen molar-refractivity contribution >= 4 is 33.5 Å². The van der Waals surface area contributed by atoms with E-state index in [1.807, 2.05) is 30.3 Å². The highest BCUT2D eigenvalue weighted by molar-refractivity contribution is 6.02. The highest BCUT2D eigenvalue weighted by Gasteiger charge is 2.18. The van der Waals surface area contributed by atoms with Gasteiger partial charge < -0.3 is 13.9 Å². The molecule has 4 aromatic rings. The van der Waals surface area contributed by atoms with Gasteiger partial charge in [0, 0.05) is 10.9 Å². The van der Waals surface area contributed by atoms with E-state index in [9.17, 15) is 14.4 Å². The first-order chi connectivity index (χ1) is 14.0. The zero-order valence-electron chi connectivity index (χ0n) is 15.5. The molecule has 0 aliphatic rings. The van der Waals surface area contributed by atoms with Gasteiger partial charge in [-0.25, -0.2) is 9.59 Å². The van der Waals surface area contributed by atoms with E-state index in [-0.39, 0.29) is 11.3 Å². The summed E-state index contributed by atoms with van der Waals surface area (Å²) >= 11 is 0. The van der Waals surface area contributed by atoms with Crippen molar-refractivity contribution in [3.8, 4) is 5.75 Å². The van der Waals surface area contributed by atoms with Crippen LogP contribution in [0.2, 0.25) is 0 Å². The number of hydrogen-bond donors (Lipinski definition) is 0. The van der Waals surface area contributed by atoms with Crippen LogP contribution >= 0.6 is 0 Å². The third kappa shape index (κ3) is 3.73. The molecule has 0 unspecified atom stereocenters. The summed E-state index contributed by atoms with van der Waals surface area (Å²) in [5.41, 5.74) is -0.366. The molecule has 0 radical (unpaired) electrons. The molecular formula is C23H16O6. The van der Waals surface area contributed by atoms with Gasteiger partial charge in [0.05, 0.1) is 7.11 Å². The molecule has 0 spiro atoms. The van der Waals surface area contributed by atoms with E-state index in [0.717, 1.165) is 10.8 Å². The van der Waals surface area contributed by atoms with E-state index in [4.69, 9.17) is 13.9 Å². The van der Waals surface area contributed by atoms with Gasteiger partial charge in [-0.15, -0.1) is 0 Å². The largest absolute Gasteiger partial charge is 0.497 e. The Hall–Kier alpha value is -3.93. The number of ether oxygens (including phenoxy) is 2. The Morgan fingerprint density at radius 2 is 1.69 bits per heavy atom. The van der Waals surface area contributed by atoms with Gasteiger partial charge in [0.1, 0.15) is 16.9 Å². The Kier molecular flexibility index (Phi) is 4.83. The Bertz CT molecular complexity index is 1300. The first kappa shape index (κ1) is 18.4. The average molecular weight is 388 g/mol. The minimum Gasteiger partial charge on any atom is -0.497 e. The van der Waals surface area contributed by atoms with Crippen molar-refractivity contribution in [1.29, 1.82) is 0 Å². The second-order valence-electron chi connectivity index (χ2n) is 6.41. The fraction of sp³-hybridized carbons (Fsp3) is 0.0870. The normalized spacial score (nSPS) is 10.8. The predicted octanol–water partition coefficient (Wildman–Crippen LogP) is 3.99. The lowest BCUT2D eigenvalue weighted by Gasteiger charge is -2.06. The lowest BCUT2D eigenvalue weighted by Crippen LogP contribution is -2.20. The number of ketones is 1. The minimum absolute atomic E-state index is 0.280. The van der Waals surface area contributed by atoms with Gasteiger partial charge in [-0.3, -0.25) is 4.79 Å². The fourth-order valence-electron chi connectivity index (χ4n) is 3.03. The van der Waals surface area contributed by atoms with Gasteiger partial charge in [-0.05, 0) is 41.1 Å². The second-order valence-corrected chi connectivity index (χ2v) is 6.41. The SMILES string of the molecule is COc1ccc2oc(=O)c(C(=O)OCC(=O)c3ccc4ccccc4c3)cc2c1. The number of Topliss-reactive ketones (excluding diaryl/α,β-unsaturated/α-hetero) is 1. The second kappa shape index (κ2) is 7.59. The summed E-state index contributed by atoms with van der Waals surface area (Å²) in [6.07, 6.45) is 0. The van der Waals surface area contributed by atoms with E-state index in [1.54, 1.807) is 30.3 Å². The predicted molar refractivity (Wildman–Crippen MR) is 108 cm³/mol. The highest BCUT2D eigenvalue weighted by atomic mass is 16.5. The lowest BCUT2D eigenvalue weighted by atomic mass is 10.0. The summed E-state index contributed by atoms with van der Waals surface area (Å²) in [6, 6.07) is 19.1. The van der Waals surface area contributed by atoms with Crippen LogP contribution in [0, 0.1) is 0 Å². The van der Waals surface area contributed by atoms with E-state index >= 15 is 0 Å². The summed E-state index contributed by atoms with van der Waals surface area (Å²) in [5, 5.41) is 2.43. The molecule has 0 bridgehead atoms. The molecule has 1 heterocycles. The van der Waals surface area contributed by atoms with Crippen LogP contribution in [0.1, 0.15) is 20.7 Å². The molecule has 1 aromatic heterocycles. The van der Waals surface area contributed by atoms with E-state index in [2.05, 4.69) is 0 Å². The van der Waals surface area contributed by atoms with Crippen LogP contribution in [0.15, 0.2) is 75.9 Å². The maximum absolute atomic E-state index is 12.4. The first-order valence-electron chi connectivity index (χ1n) is 8.86. The third-order valence-electron chi connectivity index (χ3n) is 4.57. The summed E-state index contributed by atoms with van der Waals surface area (Å²) < 4.78 is 15.3. The van der Waals surface area contributed by atoms with Gasteiger partial charge >= 0.3 is 11.6 Å². The van der Waals surface area contributed by atoms with Crippen molar-refractivity contribution in [3.63, 3.8) is 0 Å². The number of hydrogen-bond acceptors (Lipinski definition) is 6. The Morgan fingerprint density at radius 3 is 2.48 bits per heavy atom. The van der Waals surface area contributed by atoms with Crippen molar-refractivity contribution in [2.45, 2.75) is 0 Å². The molecule has 0 atom stereocenters. The van der Waals surface area contributed by atoms with Crippen LogP contribution in [0.5, 0.6) is 5.75 Å².